The topological polar surface area (TPSA) is 54.5 Å². The van der Waals surface area contributed by atoms with Crippen LogP contribution in [0.3, 0.4) is 0 Å². The van der Waals surface area contributed by atoms with Gasteiger partial charge in [-0.2, -0.15) is 5.26 Å². The van der Waals surface area contributed by atoms with Gasteiger partial charge in [-0.1, -0.05) is 32.1 Å². The molecule has 0 aliphatic heterocycles. The van der Waals surface area contributed by atoms with Crippen LogP contribution >= 0.6 is 0 Å². The molecule has 1 fully saturated rings. The van der Waals surface area contributed by atoms with Crippen molar-refractivity contribution >= 4 is 11.2 Å². The molecule has 110 valence electrons. The summed E-state index contributed by atoms with van der Waals surface area (Å²) in [5, 5.41) is 9.07. The van der Waals surface area contributed by atoms with E-state index in [2.05, 4.69) is 17.1 Å². The van der Waals surface area contributed by atoms with E-state index in [1.165, 1.54) is 38.5 Å². The Morgan fingerprint density at radius 3 is 2.90 bits per heavy atom. The minimum absolute atomic E-state index is 0.340. The first-order valence-corrected chi connectivity index (χ1v) is 7.96. The Balaban J connectivity index is 1.82. The highest BCUT2D eigenvalue weighted by Crippen LogP contribution is 2.28. The molecule has 2 aromatic heterocycles. The molecule has 0 radical (unpaired) electrons. The zero-order chi connectivity index (χ0) is 14.7. The van der Waals surface area contributed by atoms with Crippen molar-refractivity contribution in [3.63, 3.8) is 0 Å². The predicted octanol–water partition coefficient (Wildman–Crippen LogP) is 3.78. The van der Waals surface area contributed by atoms with E-state index >= 15 is 0 Å². The maximum absolute atomic E-state index is 9.07. The van der Waals surface area contributed by atoms with Crippen LogP contribution in [0.2, 0.25) is 0 Å². The Bertz CT molecular complexity index is 659. The lowest BCUT2D eigenvalue weighted by Gasteiger charge is -2.21. The molecular weight excluding hydrogens is 260 g/mol. The molecule has 21 heavy (non-hydrogen) atoms. The van der Waals surface area contributed by atoms with Gasteiger partial charge in [-0.25, -0.2) is 9.97 Å². The molecule has 0 unspecified atom stereocenters. The molecule has 3 rings (SSSR count). The van der Waals surface area contributed by atoms with Crippen molar-refractivity contribution < 1.29 is 0 Å². The summed E-state index contributed by atoms with van der Waals surface area (Å²) in [6, 6.07) is 4.29. The average Bonchev–Trinajstić information content (AvgIpc) is 2.84. The largest absolute Gasteiger partial charge is 0.299 e. The molecule has 1 saturated carbocycles. The van der Waals surface area contributed by atoms with Crippen LogP contribution in [0.15, 0.2) is 12.3 Å². The first-order valence-electron chi connectivity index (χ1n) is 7.96. The number of pyridine rings is 1. The summed E-state index contributed by atoms with van der Waals surface area (Å²) in [5.74, 6) is 1.86. The monoisotopic (exact) mass is 282 g/mol. The summed E-state index contributed by atoms with van der Waals surface area (Å²) in [7, 11) is 0. The molecule has 0 saturated heterocycles. The third-order valence-corrected chi connectivity index (χ3v) is 4.53. The number of aryl methyl sites for hydroxylation is 2. The molecule has 0 atom stereocenters. The highest BCUT2D eigenvalue weighted by molar-refractivity contribution is 5.72. The molecule has 0 spiro atoms. The summed E-state index contributed by atoms with van der Waals surface area (Å²) in [6.07, 6.45) is 10.9. The van der Waals surface area contributed by atoms with Gasteiger partial charge in [0.05, 0.1) is 6.07 Å². The Hall–Kier alpha value is -1.89. The van der Waals surface area contributed by atoms with Gasteiger partial charge in [0.2, 0.25) is 0 Å². The normalized spacial score (nSPS) is 16.2. The van der Waals surface area contributed by atoms with E-state index in [9.17, 15) is 0 Å². The van der Waals surface area contributed by atoms with E-state index in [0.29, 0.717) is 6.54 Å². The second-order valence-corrected chi connectivity index (χ2v) is 6.17. The molecule has 1 aliphatic rings. The van der Waals surface area contributed by atoms with Gasteiger partial charge in [0, 0.05) is 12.6 Å². The lowest BCUT2D eigenvalue weighted by molar-refractivity contribution is 0.336. The smallest absolute Gasteiger partial charge is 0.160 e. The lowest BCUT2D eigenvalue weighted by atomic mass is 9.86. The second-order valence-electron chi connectivity index (χ2n) is 6.17. The number of aromatic nitrogens is 3. The van der Waals surface area contributed by atoms with Crippen molar-refractivity contribution in [2.75, 3.05) is 0 Å². The van der Waals surface area contributed by atoms with Crippen LogP contribution in [-0.2, 0) is 13.0 Å². The average molecular weight is 282 g/mol. The van der Waals surface area contributed by atoms with Crippen LogP contribution in [-0.4, -0.2) is 14.5 Å². The minimum atomic E-state index is 0.340. The Kier molecular flexibility index (Phi) is 4.19. The summed E-state index contributed by atoms with van der Waals surface area (Å²) >= 11 is 0. The fraction of sp³-hybridized carbons (Fsp3) is 0.588. The number of hydrogen-bond donors (Lipinski definition) is 0. The Morgan fingerprint density at radius 2 is 2.14 bits per heavy atom. The zero-order valence-corrected chi connectivity index (χ0v) is 12.7. The molecular formula is C17H22N4. The quantitative estimate of drug-likeness (QED) is 0.857. The van der Waals surface area contributed by atoms with Crippen LogP contribution in [0.25, 0.3) is 11.2 Å². The third-order valence-electron chi connectivity index (χ3n) is 4.53. The first kappa shape index (κ1) is 14.1. The fourth-order valence-corrected chi connectivity index (χ4v) is 3.40. The van der Waals surface area contributed by atoms with Crippen LogP contribution in [0.1, 0.15) is 49.9 Å². The number of hydrogen-bond acceptors (Lipinski definition) is 3. The Labute approximate surface area is 125 Å². The first-order chi connectivity index (χ1) is 10.3. The number of fused-ring (bicyclic) bond motifs is 1. The van der Waals surface area contributed by atoms with Crippen molar-refractivity contribution in [2.24, 2.45) is 5.92 Å². The SMILES string of the molecule is Cc1cnc2c(c1)nc(CCC1CCCCC1)n2CC#N. The zero-order valence-electron chi connectivity index (χ0n) is 12.7. The summed E-state index contributed by atoms with van der Waals surface area (Å²) in [4.78, 5) is 9.19. The molecule has 0 bridgehead atoms. The van der Waals surface area contributed by atoms with Crippen molar-refractivity contribution in [3.8, 4) is 6.07 Å². The number of nitriles is 1. The lowest BCUT2D eigenvalue weighted by Crippen LogP contribution is -2.10. The number of rotatable bonds is 4. The molecule has 0 aromatic carbocycles. The van der Waals surface area contributed by atoms with Crippen LogP contribution in [0.5, 0.6) is 0 Å². The van der Waals surface area contributed by atoms with Crippen molar-refractivity contribution in [1.29, 1.82) is 5.26 Å². The van der Waals surface area contributed by atoms with Gasteiger partial charge >= 0.3 is 0 Å². The van der Waals surface area contributed by atoms with E-state index in [1.807, 2.05) is 17.7 Å². The van der Waals surface area contributed by atoms with E-state index in [-0.39, 0.29) is 0 Å². The molecule has 2 heterocycles. The molecule has 1 aliphatic carbocycles. The highest BCUT2D eigenvalue weighted by atomic mass is 15.1. The van der Waals surface area contributed by atoms with Crippen molar-refractivity contribution in [2.45, 2.75) is 58.4 Å². The molecule has 0 amide bonds. The van der Waals surface area contributed by atoms with E-state index < -0.39 is 0 Å². The van der Waals surface area contributed by atoms with Gasteiger partial charge in [-0.3, -0.25) is 4.57 Å². The van der Waals surface area contributed by atoms with Crippen LogP contribution in [0.4, 0.5) is 0 Å². The predicted molar refractivity (Wildman–Crippen MR) is 82.8 cm³/mol. The summed E-state index contributed by atoms with van der Waals surface area (Å²) < 4.78 is 1.98. The van der Waals surface area contributed by atoms with Gasteiger partial charge in [-0.05, 0) is 30.9 Å². The minimum Gasteiger partial charge on any atom is -0.299 e. The number of nitrogens with zero attached hydrogens (tertiary/aromatic N) is 4. The van der Waals surface area contributed by atoms with Gasteiger partial charge in [0.25, 0.3) is 0 Å². The molecule has 4 nitrogen and oxygen atoms in total. The molecule has 4 heteroatoms. The van der Waals surface area contributed by atoms with Crippen molar-refractivity contribution in [1.82, 2.24) is 14.5 Å². The maximum Gasteiger partial charge on any atom is 0.160 e. The van der Waals surface area contributed by atoms with Gasteiger partial charge < -0.3 is 0 Å². The van der Waals surface area contributed by atoms with Crippen LogP contribution < -0.4 is 0 Å². The maximum atomic E-state index is 9.07. The van der Waals surface area contributed by atoms with E-state index in [4.69, 9.17) is 10.2 Å². The molecule has 2 aromatic rings. The fourth-order valence-electron chi connectivity index (χ4n) is 3.40. The van der Waals surface area contributed by atoms with E-state index in [1.54, 1.807) is 0 Å². The summed E-state index contributed by atoms with van der Waals surface area (Å²) in [5.41, 5.74) is 2.88. The highest BCUT2D eigenvalue weighted by Gasteiger charge is 2.16. The van der Waals surface area contributed by atoms with Crippen molar-refractivity contribution in [3.05, 3.63) is 23.7 Å². The van der Waals surface area contributed by atoms with Gasteiger partial charge in [0.15, 0.2) is 5.65 Å². The van der Waals surface area contributed by atoms with E-state index in [0.717, 1.165) is 34.9 Å². The second kappa shape index (κ2) is 6.26. The standard InChI is InChI=1S/C17H22N4/c1-13-11-15-17(19-12-13)21(10-9-18)16(20-15)8-7-14-5-3-2-4-6-14/h11-12,14H,2-8,10H2,1H3. The number of imidazole rings is 1. The van der Waals surface area contributed by atoms with Crippen LogP contribution in [0, 0.1) is 24.2 Å². The van der Waals surface area contributed by atoms with Gasteiger partial charge in [-0.15, -0.1) is 0 Å². The van der Waals surface area contributed by atoms with Gasteiger partial charge in [0.1, 0.15) is 17.9 Å². The molecule has 0 N–H and O–H groups in total. The third kappa shape index (κ3) is 3.07. The summed E-state index contributed by atoms with van der Waals surface area (Å²) in [6.45, 7) is 2.37. The Morgan fingerprint density at radius 1 is 1.33 bits per heavy atom.